The van der Waals surface area contributed by atoms with Gasteiger partial charge in [0.2, 0.25) is 0 Å². The van der Waals surface area contributed by atoms with Crippen LogP contribution in [0.25, 0.3) is 11.2 Å². The fraction of sp³-hybridized carbons (Fsp3) is 0.321. The molecule has 3 heterocycles. The van der Waals surface area contributed by atoms with Crippen LogP contribution in [0.1, 0.15) is 40.8 Å². The highest BCUT2D eigenvalue weighted by molar-refractivity contribution is 6.06. The lowest BCUT2D eigenvalue weighted by Gasteiger charge is -2.46. The van der Waals surface area contributed by atoms with Gasteiger partial charge < -0.3 is 19.9 Å². The number of nitrogens with one attached hydrogen (secondary N) is 1. The molecule has 1 fully saturated rings. The third-order valence-corrected chi connectivity index (χ3v) is 6.70. The van der Waals surface area contributed by atoms with Crippen molar-refractivity contribution in [2.45, 2.75) is 31.7 Å². The van der Waals surface area contributed by atoms with Crippen molar-refractivity contribution < 1.29 is 24.2 Å². The monoisotopic (exact) mass is 530 g/mol. The zero-order valence-corrected chi connectivity index (χ0v) is 21.7. The van der Waals surface area contributed by atoms with Crippen LogP contribution in [0.15, 0.2) is 73.3 Å². The minimum atomic E-state index is -1.17. The standard InChI is InChI=1S/C28H30N6O5/c1-19(2)33-13-22(39-28(14-33,15-35)16-38-27(37)21-11-7-4-8-12-21)34-18-31-23-24(29-17-30-25(23)34)32-26(36)20-9-5-3-6-10-20/h3-12,17-19,22,35H,13-16H2,1-2H3,(H,29,30,32,36)/t22-,28-/m1/s1. The SMILES string of the molecule is CC(C)N1C[C@H](n2cnc3c(NC(=O)c4ccccc4)ncnc32)O[C@](CO)(COC(=O)c2ccccc2)C1. The van der Waals surface area contributed by atoms with Crippen molar-refractivity contribution >= 4 is 28.9 Å². The molecule has 0 saturated carbocycles. The number of aliphatic hydroxyl groups is 1. The van der Waals surface area contributed by atoms with Gasteiger partial charge in [0.25, 0.3) is 5.91 Å². The Morgan fingerprint density at radius 3 is 2.44 bits per heavy atom. The first-order chi connectivity index (χ1) is 18.9. The predicted molar refractivity (Wildman–Crippen MR) is 143 cm³/mol. The minimum Gasteiger partial charge on any atom is -0.459 e. The van der Waals surface area contributed by atoms with Gasteiger partial charge in [-0.3, -0.25) is 14.3 Å². The molecule has 2 N–H and O–H groups in total. The highest BCUT2D eigenvalue weighted by Gasteiger charge is 2.43. The number of aliphatic hydroxyl groups excluding tert-OH is 1. The number of carbonyl (C=O) groups excluding carboxylic acids is 2. The summed E-state index contributed by atoms with van der Waals surface area (Å²) in [5.74, 6) is -0.538. The third kappa shape index (κ3) is 5.65. The molecule has 0 unspecified atom stereocenters. The molecule has 0 spiro atoms. The van der Waals surface area contributed by atoms with E-state index in [1.165, 1.54) is 6.33 Å². The minimum absolute atomic E-state index is 0.122. The Labute approximate surface area is 225 Å². The molecular weight excluding hydrogens is 500 g/mol. The smallest absolute Gasteiger partial charge is 0.338 e. The normalized spacial score (nSPS) is 19.7. The summed E-state index contributed by atoms with van der Waals surface area (Å²) in [5, 5.41) is 13.3. The second kappa shape index (κ2) is 11.3. The van der Waals surface area contributed by atoms with Crippen LogP contribution in [-0.4, -0.2) is 79.3 Å². The second-order valence-corrected chi connectivity index (χ2v) is 9.75. The van der Waals surface area contributed by atoms with Crippen molar-refractivity contribution in [1.29, 1.82) is 0 Å². The predicted octanol–water partition coefficient (Wildman–Crippen LogP) is 2.91. The van der Waals surface area contributed by atoms with Gasteiger partial charge in [-0.05, 0) is 38.1 Å². The first-order valence-electron chi connectivity index (χ1n) is 12.7. The largest absolute Gasteiger partial charge is 0.459 e. The Bertz CT molecular complexity index is 1440. The molecule has 2 aromatic carbocycles. The number of morpholine rings is 1. The molecule has 5 rings (SSSR count). The summed E-state index contributed by atoms with van der Waals surface area (Å²) in [6, 6.07) is 17.6. The number of hydrogen-bond acceptors (Lipinski definition) is 9. The summed E-state index contributed by atoms with van der Waals surface area (Å²) in [6.45, 7) is 4.43. The molecule has 1 aliphatic rings. The number of fused-ring (bicyclic) bond motifs is 1. The Balaban J connectivity index is 1.41. The molecule has 202 valence electrons. The Kier molecular flexibility index (Phi) is 7.64. The van der Waals surface area contributed by atoms with E-state index in [9.17, 15) is 14.7 Å². The molecule has 1 amide bonds. The van der Waals surface area contributed by atoms with Crippen LogP contribution < -0.4 is 5.32 Å². The molecule has 0 radical (unpaired) electrons. The van der Waals surface area contributed by atoms with Crippen LogP contribution in [-0.2, 0) is 9.47 Å². The molecule has 11 heteroatoms. The Morgan fingerprint density at radius 1 is 1.08 bits per heavy atom. The number of amides is 1. The molecule has 2 atom stereocenters. The molecule has 11 nitrogen and oxygen atoms in total. The third-order valence-electron chi connectivity index (χ3n) is 6.70. The van der Waals surface area contributed by atoms with E-state index in [2.05, 4.69) is 25.2 Å². The van der Waals surface area contributed by atoms with Crippen LogP contribution >= 0.6 is 0 Å². The maximum absolute atomic E-state index is 12.7. The number of nitrogens with zero attached hydrogens (tertiary/aromatic N) is 5. The fourth-order valence-corrected chi connectivity index (χ4v) is 4.53. The number of carbonyl (C=O) groups is 2. The second-order valence-electron chi connectivity index (χ2n) is 9.75. The average molecular weight is 531 g/mol. The van der Waals surface area contributed by atoms with Crippen LogP contribution in [0.2, 0.25) is 0 Å². The molecule has 1 aliphatic heterocycles. The maximum Gasteiger partial charge on any atom is 0.338 e. The lowest BCUT2D eigenvalue weighted by atomic mass is 10.0. The van der Waals surface area contributed by atoms with Gasteiger partial charge in [-0.2, -0.15) is 0 Å². The quantitative estimate of drug-likeness (QED) is 0.330. The highest BCUT2D eigenvalue weighted by atomic mass is 16.6. The van der Waals surface area contributed by atoms with E-state index >= 15 is 0 Å². The molecule has 39 heavy (non-hydrogen) atoms. The summed E-state index contributed by atoms with van der Waals surface area (Å²) in [5.41, 5.74) is 0.589. The number of imidazole rings is 1. The zero-order chi connectivity index (χ0) is 27.4. The van der Waals surface area contributed by atoms with Crippen LogP contribution in [0, 0.1) is 0 Å². The highest BCUT2D eigenvalue weighted by Crippen LogP contribution is 2.32. The van der Waals surface area contributed by atoms with Crippen molar-refractivity contribution in [1.82, 2.24) is 24.4 Å². The number of esters is 1. The topological polar surface area (TPSA) is 132 Å². The van der Waals surface area contributed by atoms with Crippen LogP contribution in [0.4, 0.5) is 5.82 Å². The fourth-order valence-electron chi connectivity index (χ4n) is 4.53. The molecule has 0 aliphatic carbocycles. The van der Waals surface area contributed by atoms with Crippen LogP contribution in [0.5, 0.6) is 0 Å². The summed E-state index contributed by atoms with van der Waals surface area (Å²) in [7, 11) is 0. The lowest BCUT2D eigenvalue weighted by Crippen LogP contribution is -2.59. The maximum atomic E-state index is 12.7. The van der Waals surface area contributed by atoms with Gasteiger partial charge in [0.1, 0.15) is 24.8 Å². The molecule has 0 bridgehead atoms. The summed E-state index contributed by atoms with van der Waals surface area (Å²) in [4.78, 5) is 40.6. The van der Waals surface area contributed by atoms with E-state index in [1.54, 1.807) is 59.4 Å². The number of ether oxygens (including phenoxy) is 2. The first-order valence-corrected chi connectivity index (χ1v) is 12.7. The van der Waals surface area contributed by atoms with E-state index in [-0.39, 0.29) is 31.0 Å². The zero-order valence-electron chi connectivity index (χ0n) is 21.7. The van der Waals surface area contributed by atoms with E-state index in [0.29, 0.717) is 35.4 Å². The van der Waals surface area contributed by atoms with Gasteiger partial charge in [-0.1, -0.05) is 36.4 Å². The van der Waals surface area contributed by atoms with E-state index in [4.69, 9.17) is 9.47 Å². The molecule has 2 aromatic heterocycles. The van der Waals surface area contributed by atoms with Crippen molar-refractivity contribution in [3.8, 4) is 0 Å². The summed E-state index contributed by atoms with van der Waals surface area (Å²) >= 11 is 0. The van der Waals surface area contributed by atoms with Crippen LogP contribution in [0.3, 0.4) is 0 Å². The van der Waals surface area contributed by atoms with E-state index in [0.717, 1.165) is 0 Å². The van der Waals surface area contributed by atoms with Crippen molar-refractivity contribution in [3.05, 3.63) is 84.4 Å². The number of hydrogen-bond donors (Lipinski definition) is 2. The number of aromatic nitrogens is 4. The summed E-state index contributed by atoms with van der Waals surface area (Å²) in [6.07, 6.45) is 2.32. The average Bonchev–Trinajstić information content (AvgIpc) is 3.42. The lowest BCUT2D eigenvalue weighted by molar-refractivity contribution is -0.216. The molecular formula is C28H30N6O5. The number of anilines is 1. The molecule has 1 saturated heterocycles. The number of benzene rings is 2. The van der Waals surface area contributed by atoms with Gasteiger partial charge in [0.15, 0.2) is 17.0 Å². The van der Waals surface area contributed by atoms with Gasteiger partial charge in [0.05, 0.1) is 18.5 Å². The van der Waals surface area contributed by atoms with Crippen molar-refractivity contribution in [3.63, 3.8) is 0 Å². The first kappa shape index (κ1) is 26.4. The van der Waals surface area contributed by atoms with Gasteiger partial charge in [0, 0.05) is 24.7 Å². The summed E-state index contributed by atoms with van der Waals surface area (Å²) < 4.78 is 13.8. The van der Waals surface area contributed by atoms with E-state index in [1.807, 2.05) is 26.0 Å². The van der Waals surface area contributed by atoms with Gasteiger partial charge >= 0.3 is 5.97 Å². The van der Waals surface area contributed by atoms with Gasteiger partial charge in [-0.15, -0.1) is 0 Å². The Hall–Kier alpha value is -4.19. The number of rotatable bonds is 8. The Morgan fingerprint density at radius 2 is 1.77 bits per heavy atom. The van der Waals surface area contributed by atoms with Crippen molar-refractivity contribution in [2.75, 3.05) is 31.6 Å². The molecule has 4 aromatic rings. The van der Waals surface area contributed by atoms with E-state index < -0.39 is 17.8 Å². The van der Waals surface area contributed by atoms with Crippen molar-refractivity contribution in [2.24, 2.45) is 0 Å². The van der Waals surface area contributed by atoms with Gasteiger partial charge in [-0.25, -0.2) is 19.7 Å².